The monoisotopic (exact) mass is 271 g/mol. The molecule has 0 amide bonds. The molecule has 0 heterocycles. The number of nitrogens with one attached hydrogen (secondary N) is 1. The minimum atomic E-state index is -0.0345. The number of hydrogen-bond donors (Lipinski definition) is 1. The lowest BCUT2D eigenvalue weighted by molar-refractivity contribution is 0.104. The van der Waals surface area contributed by atoms with Crippen LogP contribution in [0.25, 0.3) is 0 Å². The minimum absolute atomic E-state index is 0.0345. The molecule has 0 aromatic heterocycles. The Morgan fingerprint density at radius 1 is 1.16 bits per heavy atom. The number of allylic oxidation sites excluding steroid dienone is 1. The third kappa shape index (κ3) is 3.70. The van der Waals surface area contributed by atoms with Gasteiger partial charge in [-0.25, -0.2) is 0 Å². The lowest BCUT2D eigenvalue weighted by Gasteiger charge is -2.05. The third-order valence-electron chi connectivity index (χ3n) is 2.73. The molecular weight excluding hydrogens is 258 g/mol. The molecule has 0 aliphatic rings. The molecule has 2 nitrogen and oxygen atoms in total. The number of halogens is 1. The molecule has 0 saturated heterocycles. The van der Waals surface area contributed by atoms with Gasteiger partial charge in [0.1, 0.15) is 0 Å². The molecule has 0 saturated carbocycles. The number of carbonyl (C=O) groups is 1. The van der Waals surface area contributed by atoms with Crippen molar-refractivity contribution in [1.29, 1.82) is 0 Å². The van der Waals surface area contributed by atoms with E-state index in [9.17, 15) is 4.79 Å². The standard InChI is InChI=1S/C16H14ClNO/c1-12-7-8-14(17)11-15(12)18-10-9-16(19)13-5-3-2-4-6-13/h2-11,18H,1H3. The van der Waals surface area contributed by atoms with Crippen molar-refractivity contribution in [3.63, 3.8) is 0 Å². The molecule has 2 aromatic rings. The molecule has 0 aliphatic carbocycles. The number of ketones is 1. The lowest BCUT2D eigenvalue weighted by Crippen LogP contribution is -1.96. The molecule has 2 rings (SSSR count). The summed E-state index contributed by atoms with van der Waals surface area (Å²) in [6.07, 6.45) is 3.14. The zero-order chi connectivity index (χ0) is 13.7. The Kier molecular flexibility index (Phi) is 4.37. The number of carbonyl (C=O) groups excluding carboxylic acids is 1. The summed E-state index contributed by atoms with van der Waals surface area (Å²) in [5.74, 6) is -0.0345. The van der Waals surface area contributed by atoms with Crippen LogP contribution in [0.4, 0.5) is 5.69 Å². The third-order valence-corrected chi connectivity index (χ3v) is 2.97. The van der Waals surface area contributed by atoms with Gasteiger partial charge in [-0.3, -0.25) is 4.79 Å². The van der Waals surface area contributed by atoms with Crippen LogP contribution in [0, 0.1) is 6.92 Å². The van der Waals surface area contributed by atoms with Gasteiger partial charge < -0.3 is 5.32 Å². The van der Waals surface area contributed by atoms with E-state index in [0.29, 0.717) is 10.6 Å². The average Bonchev–Trinajstić information content (AvgIpc) is 2.43. The SMILES string of the molecule is Cc1ccc(Cl)cc1NC=CC(=O)c1ccccc1. The van der Waals surface area contributed by atoms with Crippen molar-refractivity contribution in [3.8, 4) is 0 Å². The summed E-state index contributed by atoms with van der Waals surface area (Å²) in [4.78, 5) is 11.8. The van der Waals surface area contributed by atoms with Crippen molar-refractivity contribution in [2.75, 3.05) is 5.32 Å². The van der Waals surface area contributed by atoms with E-state index in [0.717, 1.165) is 11.3 Å². The number of aryl methyl sites for hydroxylation is 1. The summed E-state index contributed by atoms with van der Waals surface area (Å²) in [6, 6.07) is 14.7. The summed E-state index contributed by atoms with van der Waals surface area (Å²) in [5.41, 5.74) is 2.63. The minimum Gasteiger partial charge on any atom is -0.361 e. The summed E-state index contributed by atoms with van der Waals surface area (Å²) in [6.45, 7) is 1.98. The Labute approximate surface area is 117 Å². The molecule has 0 aliphatic heterocycles. The van der Waals surface area contributed by atoms with Gasteiger partial charge >= 0.3 is 0 Å². The maximum atomic E-state index is 11.8. The van der Waals surface area contributed by atoms with Crippen LogP contribution >= 0.6 is 11.6 Å². The highest BCUT2D eigenvalue weighted by molar-refractivity contribution is 6.30. The van der Waals surface area contributed by atoms with Gasteiger partial charge in [-0.1, -0.05) is 48.0 Å². The lowest BCUT2D eigenvalue weighted by atomic mass is 10.1. The molecule has 96 valence electrons. The van der Waals surface area contributed by atoms with Gasteiger partial charge in [0, 0.05) is 28.5 Å². The fraction of sp³-hybridized carbons (Fsp3) is 0.0625. The van der Waals surface area contributed by atoms with Crippen molar-refractivity contribution in [1.82, 2.24) is 0 Å². The Hall–Kier alpha value is -2.06. The second kappa shape index (κ2) is 6.21. The van der Waals surface area contributed by atoms with Gasteiger partial charge in [-0.15, -0.1) is 0 Å². The Morgan fingerprint density at radius 3 is 2.63 bits per heavy atom. The smallest absolute Gasteiger partial charge is 0.187 e. The normalized spacial score (nSPS) is 10.6. The molecule has 19 heavy (non-hydrogen) atoms. The van der Waals surface area contributed by atoms with E-state index in [4.69, 9.17) is 11.6 Å². The van der Waals surface area contributed by atoms with E-state index in [1.54, 1.807) is 18.3 Å². The van der Waals surface area contributed by atoms with E-state index < -0.39 is 0 Å². The van der Waals surface area contributed by atoms with Crippen LogP contribution in [0.15, 0.2) is 60.8 Å². The maximum Gasteiger partial charge on any atom is 0.187 e. The largest absolute Gasteiger partial charge is 0.361 e. The Balaban J connectivity index is 2.04. The molecule has 0 spiro atoms. The van der Waals surface area contributed by atoms with Crippen LogP contribution in [-0.2, 0) is 0 Å². The first kappa shape index (κ1) is 13.4. The van der Waals surface area contributed by atoms with Crippen LogP contribution in [-0.4, -0.2) is 5.78 Å². The van der Waals surface area contributed by atoms with Crippen LogP contribution < -0.4 is 5.32 Å². The van der Waals surface area contributed by atoms with Crippen molar-refractivity contribution in [2.45, 2.75) is 6.92 Å². The zero-order valence-electron chi connectivity index (χ0n) is 10.6. The van der Waals surface area contributed by atoms with Crippen molar-refractivity contribution >= 4 is 23.1 Å². The molecule has 0 atom stereocenters. The number of hydrogen-bond acceptors (Lipinski definition) is 2. The predicted molar refractivity (Wildman–Crippen MR) is 79.7 cm³/mol. The van der Waals surface area contributed by atoms with E-state index in [1.807, 2.05) is 43.3 Å². The first-order valence-corrected chi connectivity index (χ1v) is 6.33. The van der Waals surface area contributed by atoms with E-state index in [-0.39, 0.29) is 5.78 Å². The fourth-order valence-electron chi connectivity index (χ4n) is 1.66. The molecule has 3 heteroatoms. The molecule has 0 fully saturated rings. The van der Waals surface area contributed by atoms with Crippen LogP contribution in [0.2, 0.25) is 5.02 Å². The van der Waals surface area contributed by atoms with E-state index in [1.165, 1.54) is 6.08 Å². The topological polar surface area (TPSA) is 29.1 Å². The number of anilines is 1. The highest BCUT2D eigenvalue weighted by atomic mass is 35.5. The highest BCUT2D eigenvalue weighted by Gasteiger charge is 2.00. The summed E-state index contributed by atoms with van der Waals surface area (Å²) < 4.78 is 0. The number of rotatable bonds is 4. The van der Waals surface area contributed by atoms with Gasteiger partial charge in [0.05, 0.1) is 0 Å². The van der Waals surface area contributed by atoms with E-state index >= 15 is 0 Å². The van der Waals surface area contributed by atoms with Crippen molar-refractivity contribution < 1.29 is 4.79 Å². The van der Waals surface area contributed by atoms with Gasteiger partial charge in [-0.05, 0) is 24.6 Å². The zero-order valence-corrected chi connectivity index (χ0v) is 11.3. The van der Waals surface area contributed by atoms with Gasteiger partial charge in [0.15, 0.2) is 5.78 Å². The average molecular weight is 272 g/mol. The Bertz CT molecular complexity index is 605. The molecule has 2 aromatic carbocycles. The molecular formula is C16H14ClNO. The van der Waals surface area contributed by atoms with Crippen LogP contribution in [0.1, 0.15) is 15.9 Å². The highest BCUT2D eigenvalue weighted by Crippen LogP contribution is 2.20. The number of benzene rings is 2. The maximum absolute atomic E-state index is 11.8. The van der Waals surface area contributed by atoms with Crippen molar-refractivity contribution in [3.05, 3.63) is 77.0 Å². The summed E-state index contributed by atoms with van der Waals surface area (Å²) in [7, 11) is 0. The van der Waals surface area contributed by atoms with Crippen molar-refractivity contribution in [2.24, 2.45) is 0 Å². The summed E-state index contributed by atoms with van der Waals surface area (Å²) in [5, 5.41) is 3.73. The van der Waals surface area contributed by atoms with Gasteiger partial charge in [0.2, 0.25) is 0 Å². The Morgan fingerprint density at radius 2 is 1.89 bits per heavy atom. The van der Waals surface area contributed by atoms with Gasteiger partial charge in [-0.2, -0.15) is 0 Å². The first-order valence-electron chi connectivity index (χ1n) is 5.95. The predicted octanol–water partition coefficient (Wildman–Crippen LogP) is 4.46. The van der Waals surface area contributed by atoms with E-state index in [2.05, 4.69) is 5.32 Å². The fourth-order valence-corrected chi connectivity index (χ4v) is 1.83. The molecule has 1 N–H and O–H groups in total. The second-order valence-corrected chi connectivity index (χ2v) is 4.60. The first-order chi connectivity index (χ1) is 9.16. The van der Waals surface area contributed by atoms with Crippen LogP contribution in [0.3, 0.4) is 0 Å². The van der Waals surface area contributed by atoms with Crippen LogP contribution in [0.5, 0.6) is 0 Å². The quantitative estimate of drug-likeness (QED) is 0.657. The summed E-state index contributed by atoms with van der Waals surface area (Å²) >= 11 is 5.92. The molecule has 0 unspecified atom stereocenters. The second-order valence-electron chi connectivity index (χ2n) is 4.17. The molecule has 0 bridgehead atoms. The van der Waals surface area contributed by atoms with Gasteiger partial charge in [0.25, 0.3) is 0 Å². The molecule has 0 radical (unpaired) electrons.